The second-order valence-electron chi connectivity index (χ2n) is 4.42. The molecule has 19 heavy (non-hydrogen) atoms. The Morgan fingerprint density at radius 2 is 2.21 bits per heavy atom. The molecule has 6 nitrogen and oxygen atoms in total. The Bertz CT molecular complexity index is 736. The maximum Gasteiger partial charge on any atom is 0.276 e. The molecule has 0 saturated carbocycles. The molecule has 96 valence electrons. The fourth-order valence-corrected chi connectivity index (χ4v) is 1.88. The van der Waals surface area contributed by atoms with E-state index < -0.39 is 0 Å². The van der Waals surface area contributed by atoms with E-state index in [0.717, 1.165) is 16.6 Å². The predicted octanol–water partition coefficient (Wildman–Crippen LogP) is 1.86. The Labute approximate surface area is 109 Å². The molecule has 1 aromatic carbocycles. The van der Waals surface area contributed by atoms with Crippen LogP contribution < -0.4 is 5.32 Å². The third-order valence-corrected chi connectivity index (χ3v) is 3.05. The van der Waals surface area contributed by atoms with Crippen molar-refractivity contribution in [1.82, 2.24) is 20.0 Å². The van der Waals surface area contributed by atoms with Gasteiger partial charge in [-0.1, -0.05) is 0 Å². The number of nitrogens with one attached hydrogen (secondary N) is 2. The summed E-state index contributed by atoms with van der Waals surface area (Å²) in [5.74, 6) is -0.220. The summed E-state index contributed by atoms with van der Waals surface area (Å²) in [5, 5.41) is 14.8. The average Bonchev–Trinajstić information content (AvgIpc) is 2.96. The van der Waals surface area contributed by atoms with Crippen LogP contribution in [0.4, 0.5) is 5.69 Å². The van der Waals surface area contributed by atoms with E-state index >= 15 is 0 Å². The maximum absolute atomic E-state index is 12.0. The fourth-order valence-electron chi connectivity index (χ4n) is 1.88. The molecule has 0 unspecified atom stereocenters. The van der Waals surface area contributed by atoms with Crippen molar-refractivity contribution in [2.45, 2.75) is 6.92 Å². The maximum atomic E-state index is 12.0. The van der Waals surface area contributed by atoms with Crippen molar-refractivity contribution in [2.24, 2.45) is 7.05 Å². The van der Waals surface area contributed by atoms with Gasteiger partial charge in [0, 0.05) is 23.8 Å². The molecule has 0 radical (unpaired) electrons. The number of carbonyl (C=O) groups excluding carboxylic acids is 1. The Kier molecular flexibility index (Phi) is 2.56. The molecule has 0 spiro atoms. The summed E-state index contributed by atoms with van der Waals surface area (Å²) >= 11 is 0. The van der Waals surface area contributed by atoms with Crippen molar-refractivity contribution in [3.05, 3.63) is 41.9 Å². The van der Waals surface area contributed by atoms with Gasteiger partial charge in [-0.3, -0.25) is 14.6 Å². The number of anilines is 1. The number of benzene rings is 1. The first kappa shape index (κ1) is 11.5. The summed E-state index contributed by atoms with van der Waals surface area (Å²) < 4.78 is 1.67. The van der Waals surface area contributed by atoms with Gasteiger partial charge in [0.15, 0.2) is 5.69 Å². The van der Waals surface area contributed by atoms with E-state index in [1.807, 2.05) is 32.2 Å². The van der Waals surface area contributed by atoms with Crippen molar-refractivity contribution in [2.75, 3.05) is 5.32 Å². The van der Waals surface area contributed by atoms with E-state index in [0.29, 0.717) is 11.4 Å². The van der Waals surface area contributed by atoms with E-state index in [4.69, 9.17) is 0 Å². The SMILES string of the molecule is Cc1cc(C(=O)Nc2ccc3cn[nH]c3c2)nn1C. The van der Waals surface area contributed by atoms with Gasteiger partial charge in [-0.25, -0.2) is 0 Å². The summed E-state index contributed by atoms with van der Waals surface area (Å²) in [7, 11) is 1.81. The van der Waals surface area contributed by atoms with Crippen molar-refractivity contribution >= 4 is 22.5 Å². The van der Waals surface area contributed by atoms with E-state index in [2.05, 4.69) is 20.6 Å². The second kappa shape index (κ2) is 4.24. The Morgan fingerprint density at radius 1 is 1.37 bits per heavy atom. The van der Waals surface area contributed by atoms with Crippen LogP contribution in [-0.4, -0.2) is 25.9 Å². The lowest BCUT2D eigenvalue weighted by Crippen LogP contribution is -2.12. The molecule has 0 aliphatic heterocycles. The molecule has 3 aromatic rings. The molecule has 0 saturated heterocycles. The first-order valence-corrected chi connectivity index (χ1v) is 5.88. The lowest BCUT2D eigenvalue weighted by molar-refractivity contribution is 0.102. The van der Waals surface area contributed by atoms with Gasteiger partial charge < -0.3 is 5.32 Å². The van der Waals surface area contributed by atoms with Crippen molar-refractivity contribution in [3.8, 4) is 0 Å². The molecule has 6 heteroatoms. The van der Waals surface area contributed by atoms with Crippen LogP contribution in [0.15, 0.2) is 30.5 Å². The minimum absolute atomic E-state index is 0.220. The van der Waals surface area contributed by atoms with Crippen molar-refractivity contribution in [1.29, 1.82) is 0 Å². The van der Waals surface area contributed by atoms with Crippen molar-refractivity contribution in [3.63, 3.8) is 0 Å². The van der Waals surface area contributed by atoms with Gasteiger partial charge >= 0.3 is 0 Å². The fraction of sp³-hybridized carbons (Fsp3) is 0.154. The molecule has 2 aromatic heterocycles. The van der Waals surface area contributed by atoms with Gasteiger partial charge in [-0.2, -0.15) is 10.2 Å². The number of carbonyl (C=O) groups is 1. The minimum atomic E-state index is -0.220. The third-order valence-electron chi connectivity index (χ3n) is 3.05. The number of aryl methyl sites for hydroxylation is 2. The van der Waals surface area contributed by atoms with Gasteiger partial charge in [-0.05, 0) is 31.2 Å². The monoisotopic (exact) mass is 255 g/mol. The van der Waals surface area contributed by atoms with Gasteiger partial charge in [0.2, 0.25) is 0 Å². The van der Waals surface area contributed by atoms with Gasteiger partial charge in [0.1, 0.15) is 0 Å². The highest BCUT2D eigenvalue weighted by molar-refractivity contribution is 6.03. The highest BCUT2D eigenvalue weighted by Crippen LogP contribution is 2.17. The Morgan fingerprint density at radius 3 is 2.95 bits per heavy atom. The first-order valence-electron chi connectivity index (χ1n) is 5.88. The number of fused-ring (bicyclic) bond motifs is 1. The number of H-pyrrole nitrogens is 1. The van der Waals surface area contributed by atoms with Crippen LogP contribution in [0.25, 0.3) is 10.9 Å². The van der Waals surface area contributed by atoms with Gasteiger partial charge in [0.05, 0.1) is 11.7 Å². The van der Waals surface area contributed by atoms with Crippen LogP contribution in [0, 0.1) is 6.92 Å². The topological polar surface area (TPSA) is 75.6 Å². The number of rotatable bonds is 2. The molecule has 0 bridgehead atoms. The van der Waals surface area contributed by atoms with Crippen LogP contribution in [0.3, 0.4) is 0 Å². The zero-order valence-corrected chi connectivity index (χ0v) is 10.6. The summed E-state index contributed by atoms with van der Waals surface area (Å²) in [6, 6.07) is 7.34. The molecular formula is C13H13N5O. The lowest BCUT2D eigenvalue weighted by atomic mass is 10.2. The predicted molar refractivity (Wildman–Crippen MR) is 72.0 cm³/mol. The number of aromatic amines is 1. The average molecular weight is 255 g/mol. The number of hydrogen-bond donors (Lipinski definition) is 2. The molecule has 3 rings (SSSR count). The number of amides is 1. The van der Waals surface area contributed by atoms with E-state index in [1.54, 1.807) is 16.9 Å². The molecule has 0 aliphatic carbocycles. The Hall–Kier alpha value is -2.63. The quantitative estimate of drug-likeness (QED) is 0.733. The summed E-state index contributed by atoms with van der Waals surface area (Å²) in [4.78, 5) is 12.0. The summed E-state index contributed by atoms with van der Waals surface area (Å²) in [6.07, 6.45) is 1.74. The van der Waals surface area contributed by atoms with E-state index in [9.17, 15) is 4.79 Å². The van der Waals surface area contributed by atoms with Crippen LogP contribution in [-0.2, 0) is 7.05 Å². The van der Waals surface area contributed by atoms with Crippen molar-refractivity contribution < 1.29 is 4.79 Å². The molecule has 1 amide bonds. The Balaban J connectivity index is 1.85. The summed E-state index contributed by atoms with van der Waals surface area (Å²) in [5.41, 5.74) is 2.94. The standard InChI is InChI=1S/C13H13N5O/c1-8-5-12(17-18(8)2)13(19)15-10-4-3-9-7-14-16-11(9)6-10/h3-7H,1-2H3,(H,14,16)(H,15,19). The minimum Gasteiger partial charge on any atom is -0.321 e. The molecule has 2 N–H and O–H groups in total. The van der Waals surface area contributed by atoms with Gasteiger partial charge in [0.25, 0.3) is 5.91 Å². The molecule has 2 heterocycles. The van der Waals surface area contributed by atoms with Gasteiger partial charge in [-0.15, -0.1) is 0 Å². The highest BCUT2D eigenvalue weighted by Gasteiger charge is 2.11. The van der Waals surface area contributed by atoms with Crippen LogP contribution in [0.2, 0.25) is 0 Å². The van der Waals surface area contributed by atoms with Crippen LogP contribution in [0.1, 0.15) is 16.2 Å². The first-order chi connectivity index (χ1) is 9.13. The molecular weight excluding hydrogens is 242 g/mol. The van der Waals surface area contributed by atoms with Crippen LogP contribution in [0.5, 0.6) is 0 Å². The van der Waals surface area contributed by atoms with E-state index in [1.165, 1.54) is 0 Å². The van der Waals surface area contributed by atoms with E-state index in [-0.39, 0.29) is 5.91 Å². The summed E-state index contributed by atoms with van der Waals surface area (Å²) in [6.45, 7) is 1.90. The third kappa shape index (κ3) is 2.08. The largest absolute Gasteiger partial charge is 0.321 e. The zero-order chi connectivity index (χ0) is 13.4. The molecule has 0 fully saturated rings. The number of nitrogens with zero attached hydrogens (tertiary/aromatic N) is 3. The van der Waals surface area contributed by atoms with Crippen LogP contribution >= 0.6 is 0 Å². The zero-order valence-electron chi connectivity index (χ0n) is 10.6. The highest BCUT2D eigenvalue weighted by atomic mass is 16.1. The number of hydrogen-bond acceptors (Lipinski definition) is 3. The number of aromatic nitrogens is 4. The smallest absolute Gasteiger partial charge is 0.276 e. The normalized spacial score (nSPS) is 10.8. The second-order valence-corrected chi connectivity index (χ2v) is 4.42. The molecule has 0 atom stereocenters. The lowest BCUT2D eigenvalue weighted by Gasteiger charge is -2.02. The molecule has 0 aliphatic rings.